The fraction of sp³-hybridized carbons (Fsp3) is 0.909. The van der Waals surface area contributed by atoms with Gasteiger partial charge in [-0.15, -0.1) is 11.6 Å². The van der Waals surface area contributed by atoms with E-state index in [0.717, 1.165) is 0 Å². The fourth-order valence-electron chi connectivity index (χ4n) is 1.93. The highest BCUT2D eigenvalue weighted by atomic mass is 35.5. The van der Waals surface area contributed by atoms with Gasteiger partial charge >= 0.3 is 6.03 Å². The molecule has 4 atom stereocenters. The van der Waals surface area contributed by atoms with Gasteiger partial charge in [0.25, 0.3) is 0 Å². The van der Waals surface area contributed by atoms with Crippen LogP contribution in [0.2, 0.25) is 0 Å². The van der Waals surface area contributed by atoms with Crippen molar-refractivity contribution in [2.75, 3.05) is 39.3 Å². The molecule has 1 rings (SSSR count). The van der Waals surface area contributed by atoms with Crippen molar-refractivity contribution in [3.63, 3.8) is 0 Å². The first-order valence-corrected chi connectivity index (χ1v) is 6.82. The lowest BCUT2D eigenvalue weighted by molar-refractivity contribution is -0.0830. The number of carbonyl (C=O) groups is 1. The molecule has 118 valence electrons. The highest BCUT2D eigenvalue weighted by Crippen LogP contribution is 2.24. The smallest absolute Gasteiger partial charge is 0.319 e. The Morgan fingerprint density at radius 1 is 1.45 bits per heavy atom. The van der Waals surface area contributed by atoms with Crippen molar-refractivity contribution in [2.45, 2.75) is 24.5 Å². The third-order valence-electron chi connectivity index (χ3n) is 2.99. The van der Waals surface area contributed by atoms with Crippen molar-refractivity contribution in [2.24, 2.45) is 0 Å². The first kappa shape index (κ1) is 17.4. The molecule has 0 saturated carbocycles. The molecule has 1 fully saturated rings. The molecule has 1 heterocycles. The van der Waals surface area contributed by atoms with Crippen LogP contribution in [0, 0.1) is 0 Å². The minimum absolute atomic E-state index is 0.164. The maximum Gasteiger partial charge on any atom is 0.319 e. The second-order valence-electron chi connectivity index (χ2n) is 4.34. The van der Waals surface area contributed by atoms with E-state index in [9.17, 15) is 15.0 Å². The molecule has 0 aromatic rings. The molecule has 0 spiro atoms. The number of hydrogen-bond donors (Lipinski definition) is 4. The summed E-state index contributed by atoms with van der Waals surface area (Å²) in [6.07, 6.45) is -4.53. The monoisotopic (exact) mass is 312 g/mol. The minimum Gasteiger partial charge on any atom is -0.394 e. The summed E-state index contributed by atoms with van der Waals surface area (Å²) < 4.78 is 10.2. The predicted octanol–water partition coefficient (Wildman–Crippen LogP) is -1.68. The summed E-state index contributed by atoms with van der Waals surface area (Å²) >= 11 is 5.50. The van der Waals surface area contributed by atoms with Crippen molar-refractivity contribution in [1.29, 1.82) is 0 Å². The summed E-state index contributed by atoms with van der Waals surface area (Å²) in [6, 6.07) is -0.488. The average molecular weight is 313 g/mol. The molecule has 0 aromatic heterocycles. The van der Waals surface area contributed by atoms with E-state index in [1.54, 1.807) is 0 Å². The van der Waals surface area contributed by atoms with E-state index >= 15 is 0 Å². The van der Waals surface area contributed by atoms with Crippen LogP contribution in [0.3, 0.4) is 0 Å². The molecule has 0 aliphatic carbocycles. The van der Waals surface area contributed by atoms with Crippen molar-refractivity contribution in [3.8, 4) is 0 Å². The number of alkyl halides is 1. The van der Waals surface area contributed by atoms with Gasteiger partial charge in [-0.3, -0.25) is 4.90 Å². The van der Waals surface area contributed by atoms with Crippen LogP contribution in [-0.2, 0) is 9.47 Å². The zero-order valence-electron chi connectivity index (χ0n) is 11.2. The Bertz CT molecular complexity index is 309. The molecule has 0 aromatic carbocycles. The maximum absolute atomic E-state index is 12.0. The van der Waals surface area contributed by atoms with Gasteiger partial charge in [-0.05, 0) is 0 Å². The zero-order valence-corrected chi connectivity index (χ0v) is 12.0. The molecule has 20 heavy (non-hydrogen) atoms. The quantitative estimate of drug-likeness (QED) is 0.418. The zero-order chi connectivity index (χ0) is 15.1. The second kappa shape index (κ2) is 8.60. The van der Waals surface area contributed by atoms with E-state index in [4.69, 9.17) is 26.2 Å². The van der Waals surface area contributed by atoms with Crippen molar-refractivity contribution < 1.29 is 29.6 Å². The lowest BCUT2D eigenvalue weighted by Crippen LogP contribution is -2.52. The molecule has 1 saturated heterocycles. The number of halogens is 1. The maximum atomic E-state index is 12.0. The molecule has 4 N–H and O–H groups in total. The molecule has 0 unspecified atom stereocenters. The number of methoxy groups -OCH3 is 1. The van der Waals surface area contributed by atoms with Crippen molar-refractivity contribution >= 4 is 17.6 Å². The summed E-state index contributed by atoms with van der Waals surface area (Å²) in [5, 5.41) is 31.2. The van der Waals surface area contributed by atoms with Crippen LogP contribution in [0.25, 0.3) is 0 Å². The van der Waals surface area contributed by atoms with Crippen LogP contribution in [0.5, 0.6) is 0 Å². The number of ether oxygens (including phenoxy) is 2. The topological polar surface area (TPSA) is 111 Å². The van der Waals surface area contributed by atoms with E-state index < -0.39 is 37.2 Å². The van der Waals surface area contributed by atoms with Gasteiger partial charge < -0.3 is 30.1 Å². The van der Waals surface area contributed by atoms with Crippen LogP contribution in [0.4, 0.5) is 4.79 Å². The van der Waals surface area contributed by atoms with Gasteiger partial charge in [0, 0.05) is 26.1 Å². The van der Waals surface area contributed by atoms with Crippen LogP contribution >= 0.6 is 11.6 Å². The molecule has 1 aliphatic rings. The Hall–Kier alpha value is -0.640. The second-order valence-corrected chi connectivity index (χ2v) is 4.71. The largest absolute Gasteiger partial charge is 0.394 e. The van der Waals surface area contributed by atoms with E-state index in [1.807, 2.05) is 0 Å². The summed E-state index contributed by atoms with van der Waals surface area (Å²) in [4.78, 5) is 13.2. The Balaban J connectivity index is 2.74. The highest BCUT2D eigenvalue weighted by Gasteiger charge is 2.46. The first-order chi connectivity index (χ1) is 9.56. The van der Waals surface area contributed by atoms with Gasteiger partial charge in [0.15, 0.2) is 6.23 Å². The number of hydrogen-bond acceptors (Lipinski definition) is 6. The SMILES string of the molecule is COCCN(C(=O)NCCCl)[C@@H]1O[C@H](CO)[C@@H](O)[C@H]1O. The van der Waals surface area contributed by atoms with Crippen LogP contribution in [0.15, 0.2) is 0 Å². The van der Waals surface area contributed by atoms with Crippen molar-refractivity contribution in [3.05, 3.63) is 0 Å². The Labute approximate surface area is 122 Å². The number of nitrogens with one attached hydrogen (secondary N) is 1. The molecule has 0 radical (unpaired) electrons. The molecule has 0 bridgehead atoms. The number of nitrogens with zero attached hydrogens (tertiary/aromatic N) is 1. The van der Waals surface area contributed by atoms with Gasteiger partial charge in [-0.1, -0.05) is 0 Å². The normalized spacial score (nSPS) is 29.4. The Morgan fingerprint density at radius 3 is 2.65 bits per heavy atom. The molecular formula is C11H21ClN2O6. The number of rotatable bonds is 7. The lowest BCUT2D eigenvalue weighted by atomic mass is 10.1. The predicted molar refractivity (Wildman–Crippen MR) is 70.5 cm³/mol. The average Bonchev–Trinajstić information content (AvgIpc) is 2.73. The minimum atomic E-state index is -1.30. The van der Waals surface area contributed by atoms with Gasteiger partial charge in [0.05, 0.1) is 13.2 Å². The van der Waals surface area contributed by atoms with Gasteiger partial charge in [0.2, 0.25) is 0 Å². The molecule has 9 heteroatoms. The van der Waals surface area contributed by atoms with Crippen molar-refractivity contribution in [1.82, 2.24) is 10.2 Å². The molecule has 1 aliphatic heterocycles. The van der Waals surface area contributed by atoms with Gasteiger partial charge in [0.1, 0.15) is 18.3 Å². The Kier molecular flexibility index (Phi) is 7.49. The number of amides is 2. The number of aliphatic hydroxyl groups excluding tert-OH is 3. The molecule has 8 nitrogen and oxygen atoms in total. The van der Waals surface area contributed by atoms with Gasteiger partial charge in [-0.25, -0.2) is 4.79 Å². The van der Waals surface area contributed by atoms with Crippen LogP contribution < -0.4 is 5.32 Å². The van der Waals surface area contributed by atoms with Crippen LogP contribution in [0.1, 0.15) is 0 Å². The van der Waals surface area contributed by atoms with E-state index in [0.29, 0.717) is 0 Å². The molecular weight excluding hydrogens is 292 g/mol. The van der Waals surface area contributed by atoms with E-state index in [2.05, 4.69) is 5.32 Å². The number of urea groups is 1. The number of aliphatic hydroxyl groups is 3. The highest BCUT2D eigenvalue weighted by molar-refractivity contribution is 6.18. The first-order valence-electron chi connectivity index (χ1n) is 6.28. The summed E-state index contributed by atoms with van der Waals surface area (Å²) in [5.41, 5.74) is 0. The summed E-state index contributed by atoms with van der Waals surface area (Å²) in [5.74, 6) is 0.250. The Morgan fingerprint density at radius 2 is 2.15 bits per heavy atom. The summed E-state index contributed by atoms with van der Waals surface area (Å²) in [6.45, 7) is 0.215. The molecule has 2 amide bonds. The lowest BCUT2D eigenvalue weighted by Gasteiger charge is -2.30. The standard InChI is InChI=1S/C11H21ClN2O6/c1-19-5-4-14(11(18)13-3-2-12)10-9(17)8(16)7(6-15)20-10/h7-10,15-17H,2-6H2,1H3,(H,13,18)/t7-,8-,9-,10-/m1/s1. The fourth-order valence-corrected chi connectivity index (χ4v) is 2.02. The number of carbonyl (C=O) groups excluding carboxylic acids is 1. The third-order valence-corrected chi connectivity index (χ3v) is 3.18. The van der Waals surface area contributed by atoms with E-state index in [1.165, 1.54) is 12.0 Å². The van der Waals surface area contributed by atoms with E-state index in [-0.39, 0.29) is 25.6 Å². The van der Waals surface area contributed by atoms with Gasteiger partial charge in [-0.2, -0.15) is 0 Å². The third kappa shape index (κ3) is 4.18. The summed E-state index contributed by atoms with van der Waals surface area (Å²) in [7, 11) is 1.48. The van der Waals surface area contributed by atoms with Crippen LogP contribution in [-0.4, -0.2) is 90.1 Å².